The zero-order chi connectivity index (χ0) is 11.5. The lowest BCUT2D eigenvalue weighted by Gasteiger charge is -2.26. The molecule has 0 heterocycles. The van der Waals surface area contributed by atoms with Crippen LogP contribution in [0.3, 0.4) is 0 Å². The molecule has 2 fully saturated rings. The van der Waals surface area contributed by atoms with Crippen LogP contribution in [0.5, 0.6) is 0 Å². The van der Waals surface area contributed by atoms with Crippen molar-refractivity contribution in [1.29, 1.82) is 0 Å². The highest BCUT2D eigenvalue weighted by Gasteiger charge is 2.45. The average molecular weight is 225 g/mol. The standard InChI is InChI=1S/C12H19NO3/c1-8-2-4-9(5-3-8)13-12(15)10-6-11(10)16-7-14/h7-11H,2-6H2,1H3,(H,13,15). The van der Waals surface area contributed by atoms with Crippen LogP contribution in [0, 0.1) is 11.8 Å². The summed E-state index contributed by atoms with van der Waals surface area (Å²) in [5.74, 6) is 0.760. The maximum atomic E-state index is 11.7. The van der Waals surface area contributed by atoms with Gasteiger partial charge in [-0.25, -0.2) is 0 Å². The van der Waals surface area contributed by atoms with Crippen molar-refractivity contribution in [3.8, 4) is 0 Å². The average Bonchev–Trinajstić information content (AvgIpc) is 3.01. The van der Waals surface area contributed by atoms with Crippen LogP contribution in [0.1, 0.15) is 39.0 Å². The Labute approximate surface area is 95.7 Å². The van der Waals surface area contributed by atoms with Gasteiger partial charge in [-0.1, -0.05) is 6.92 Å². The maximum absolute atomic E-state index is 11.7. The summed E-state index contributed by atoms with van der Waals surface area (Å²) in [6, 6.07) is 0.334. The molecule has 0 aromatic heterocycles. The van der Waals surface area contributed by atoms with Crippen LogP contribution in [-0.2, 0) is 14.3 Å². The van der Waals surface area contributed by atoms with Gasteiger partial charge in [0, 0.05) is 12.5 Å². The van der Waals surface area contributed by atoms with Crippen molar-refractivity contribution in [2.45, 2.75) is 51.2 Å². The van der Waals surface area contributed by atoms with Gasteiger partial charge in [0.2, 0.25) is 5.91 Å². The molecule has 2 atom stereocenters. The van der Waals surface area contributed by atoms with E-state index in [1.807, 2.05) is 0 Å². The zero-order valence-electron chi connectivity index (χ0n) is 9.65. The Morgan fingerprint density at radius 3 is 2.62 bits per heavy atom. The largest absolute Gasteiger partial charge is 0.464 e. The molecule has 0 aliphatic heterocycles. The van der Waals surface area contributed by atoms with Crippen molar-refractivity contribution < 1.29 is 14.3 Å². The molecule has 1 N–H and O–H groups in total. The number of amides is 1. The molecule has 0 aromatic carbocycles. The number of nitrogens with one attached hydrogen (secondary N) is 1. The van der Waals surface area contributed by atoms with Crippen LogP contribution in [-0.4, -0.2) is 24.5 Å². The summed E-state index contributed by atoms with van der Waals surface area (Å²) in [6.07, 6.45) is 5.08. The number of ether oxygens (including phenoxy) is 1. The van der Waals surface area contributed by atoms with Crippen molar-refractivity contribution in [2.75, 3.05) is 0 Å². The minimum Gasteiger partial charge on any atom is -0.464 e. The van der Waals surface area contributed by atoms with E-state index in [0.29, 0.717) is 18.9 Å². The Morgan fingerprint density at radius 1 is 1.31 bits per heavy atom. The summed E-state index contributed by atoms with van der Waals surface area (Å²) in [6.45, 7) is 2.69. The van der Waals surface area contributed by atoms with Crippen LogP contribution < -0.4 is 5.32 Å². The Kier molecular flexibility index (Phi) is 3.46. The van der Waals surface area contributed by atoms with Gasteiger partial charge in [0.15, 0.2) is 0 Å². The molecular weight excluding hydrogens is 206 g/mol. The third-order valence-corrected chi connectivity index (χ3v) is 3.66. The van der Waals surface area contributed by atoms with Gasteiger partial charge in [-0.3, -0.25) is 9.59 Å². The van der Waals surface area contributed by atoms with E-state index < -0.39 is 0 Å². The molecule has 2 saturated carbocycles. The third-order valence-electron chi connectivity index (χ3n) is 3.66. The first-order valence-electron chi connectivity index (χ1n) is 6.10. The van der Waals surface area contributed by atoms with Crippen LogP contribution in [0.4, 0.5) is 0 Å². The van der Waals surface area contributed by atoms with Crippen molar-refractivity contribution in [1.82, 2.24) is 5.32 Å². The molecule has 0 spiro atoms. The van der Waals surface area contributed by atoms with Gasteiger partial charge in [0.25, 0.3) is 6.47 Å². The molecule has 2 rings (SSSR count). The lowest BCUT2D eigenvalue weighted by atomic mass is 9.87. The van der Waals surface area contributed by atoms with Crippen LogP contribution in [0.15, 0.2) is 0 Å². The molecule has 4 nitrogen and oxygen atoms in total. The fourth-order valence-corrected chi connectivity index (χ4v) is 2.38. The fourth-order valence-electron chi connectivity index (χ4n) is 2.38. The number of carbonyl (C=O) groups is 2. The number of rotatable bonds is 4. The molecule has 2 aliphatic carbocycles. The summed E-state index contributed by atoms with van der Waals surface area (Å²) in [7, 11) is 0. The van der Waals surface area contributed by atoms with E-state index in [1.54, 1.807) is 0 Å². The highest BCUT2D eigenvalue weighted by molar-refractivity contribution is 5.82. The van der Waals surface area contributed by atoms with Crippen molar-refractivity contribution in [2.24, 2.45) is 11.8 Å². The molecule has 0 radical (unpaired) electrons. The summed E-state index contributed by atoms with van der Waals surface area (Å²) < 4.78 is 4.75. The van der Waals surface area contributed by atoms with Gasteiger partial charge in [0.05, 0.1) is 5.92 Å². The van der Waals surface area contributed by atoms with Gasteiger partial charge in [-0.15, -0.1) is 0 Å². The van der Waals surface area contributed by atoms with E-state index in [4.69, 9.17) is 4.74 Å². The van der Waals surface area contributed by atoms with E-state index in [9.17, 15) is 9.59 Å². The predicted molar refractivity (Wildman–Crippen MR) is 58.6 cm³/mol. The van der Waals surface area contributed by atoms with Crippen molar-refractivity contribution in [3.05, 3.63) is 0 Å². The highest BCUT2D eigenvalue weighted by Crippen LogP contribution is 2.34. The molecule has 0 bridgehead atoms. The quantitative estimate of drug-likeness (QED) is 0.732. The first-order chi connectivity index (χ1) is 7.70. The lowest BCUT2D eigenvalue weighted by molar-refractivity contribution is -0.131. The first kappa shape index (κ1) is 11.4. The van der Waals surface area contributed by atoms with Crippen molar-refractivity contribution in [3.63, 3.8) is 0 Å². The highest BCUT2D eigenvalue weighted by atomic mass is 16.5. The number of hydrogen-bond donors (Lipinski definition) is 1. The summed E-state index contributed by atoms with van der Waals surface area (Å²) in [5.41, 5.74) is 0. The van der Waals surface area contributed by atoms with Gasteiger partial charge >= 0.3 is 0 Å². The summed E-state index contributed by atoms with van der Waals surface area (Å²) in [4.78, 5) is 21.8. The molecule has 0 aromatic rings. The van der Waals surface area contributed by atoms with Gasteiger partial charge in [0.1, 0.15) is 6.10 Å². The SMILES string of the molecule is CC1CCC(NC(=O)C2CC2OC=O)CC1. The monoisotopic (exact) mass is 225 g/mol. The van der Waals surface area contributed by atoms with E-state index >= 15 is 0 Å². The predicted octanol–water partition coefficient (Wildman–Crippen LogP) is 1.24. The van der Waals surface area contributed by atoms with E-state index in [1.165, 1.54) is 12.8 Å². The van der Waals surface area contributed by atoms with Crippen LogP contribution in [0.25, 0.3) is 0 Å². The second-order valence-electron chi connectivity index (χ2n) is 5.08. The molecule has 90 valence electrons. The summed E-state index contributed by atoms with van der Waals surface area (Å²) in [5, 5.41) is 3.05. The normalized spacial score (nSPS) is 37.6. The van der Waals surface area contributed by atoms with Gasteiger partial charge in [-0.2, -0.15) is 0 Å². The number of hydrogen-bond acceptors (Lipinski definition) is 3. The Bertz CT molecular complexity index is 271. The maximum Gasteiger partial charge on any atom is 0.293 e. The zero-order valence-corrected chi connectivity index (χ0v) is 9.65. The first-order valence-corrected chi connectivity index (χ1v) is 6.10. The van der Waals surface area contributed by atoms with E-state index in [-0.39, 0.29) is 17.9 Å². The van der Waals surface area contributed by atoms with E-state index in [0.717, 1.165) is 18.8 Å². The lowest BCUT2D eigenvalue weighted by Crippen LogP contribution is -2.38. The molecule has 4 heteroatoms. The molecule has 2 aliphatic rings. The minimum atomic E-state index is -0.167. The Hall–Kier alpha value is -1.06. The fraction of sp³-hybridized carbons (Fsp3) is 0.833. The second kappa shape index (κ2) is 4.85. The molecule has 1 amide bonds. The molecule has 16 heavy (non-hydrogen) atoms. The van der Waals surface area contributed by atoms with Gasteiger partial charge < -0.3 is 10.1 Å². The Morgan fingerprint density at radius 2 is 2.00 bits per heavy atom. The van der Waals surface area contributed by atoms with E-state index in [2.05, 4.69) is 12.2 Å². The van der Waals surface area contributed by atoms with Crippen molar-refractivity contribution >= 4 is 12.4 Å². The molecule has 2 unspecified atom stereocenters. The van der Waals surface area contributed by atoms with Gasteiger partial charge in [-0.05, 0) is 31.6 Å². The minimum absolute atomic E-state index is 0.0615. The second-order valence-corrected chi connectivity index (χ2v) is 5.08. The topological polar surface area (TPSA) is 55.4 Å². The van der Waals surface area contributed by atoms with Crippen LogP contribution in [0.2, 0.25) is 0 Å². The smallest absolute Gasteiger partial charge is 0.293 e. The van der Waals surface area contributed by atoms with Crippen LogP contribution >= 0.6 is 0 Å². The third kappa shape index (κ3) is 2.74. The number of carbonyl (C=O) groups excluding carboxylic acids is 2. The molecule has 0 saturated heterocycles. The molecular formula is C12H19NO3. The Balaban J connectivity index is 1.70. The summed E-state index contributed by atoms with van der Waals surface area (Å²) >= 11 is 0.